The molecule has 0 heterocycles. The van der Waals surface area contributed by atoms with E-state index in [4.69, 9.17) is 16.3 Å². The summed E-state index contributed by atoms with van der Waals surface area (Å²) in [6.45, 7) is 5.94. The summed E-state index contributed by atoms with van der Waals surface area (Å²) in [6, 6.07) is 15.1. The van der Waals surface area contributed by atoms with Gasteiger partial charge in [-0.2, -0.15) is 0 Å². The molecule has 1 N–H and O–H groups in total. The van der Waals surface area contributed by atoms with E-state index >= 15 is 0 Å². The summed E-state index contributed by atoms with van der Waals surface area (Å²) in [6.07, 6.45) is 0.0683. The van der Waals surface area contributed by atoms with Gasteiger partial charge in [0.05, 0.1) is 6.04 Å². The quantitative estimate of drug-likeness (QED) is 0.834. The van der Waals surface area contributed by atoms with Gasteiger partial charge in [0.15, 0.2) is 6.10 Å². The van der Waals surface area contributed by atoms with Crippen molar-refractivity contribution in [2.24, 2.45) is 0 Å². The standard InChI is InChI=1S/C19H22ClNO2/c1-4-18(23-17-11-9-16(20)10-12-17)19(22)21-14(3)15-7-5-13(2)6-8-15/h5-12,14,18H,4H2,1-3H3,(H,21,22)/t14-,18-/m0/s1. The van der Waals surface area contributed by atoms with Gasteiger partial charge in [0.2, 0.25) is 0 Å². The first-order valence-corrected chi connectivity index (χ1v) is 8.16. The van der Waals surface area contributed by atoms with Crippen LogP contribution in [0.25, 0.3) is 0 Å². The van der Waals surface area contributed by atoms with Crippen molar-refractivity contribution in [1.29, 1.82) is 0 Å². The summed E-state index contributed by atoms with van der Waals surface area (Å²) in [5.74, 6) is 0.523. The molecule has 0 aromatic heterocycles. The molecule has 0 spiro atoms. The van der Waals surface area contributed by atoms with Gasteiger partial charge in [-0.1, -0.05) is 48.4 Å². The van der Waals surface area contributed by atoms with Gasteiger partial charge in [-0.15, -0.1) is 0 Å². The summed E-state index contributed by atoms with van der Waals surface area (Å²) in [5, 5.41) is 3.65. The van der Waals surface area contributed by atoms with Crippen LogP contribution in [0, 0.1) is 6.92 Å². The van der Waals surface area contributed by atoms with Gasteiger partial charge >= 0.3 is 0 Å². The van der Waals surface area contributed by atoms with Crippen molar-refractivity contribution >= 4 is 17.5 Å². The number of carbonyl (C=O) groups is 1. The van der Waals surface area contributed by atoms with Crippen molar-refractivity contribution in [3.63, 3.8) is 0 Å². The van der Waals surface area contributed by atoms with E-state index in [9.17, 15) is 4.79 Å². The van der Waals surface area contributed by atoms with E-state index in [0.717, 1.165) is 5.56 Å². The maximum absolute atomic E-state index is 12.4. The summed E-state index contributed by atoms with van der Waals surface area (Å²) in [4.78, 5) is 12.4. The topological polar surface area (TPSA) is 38.3 Å². The molecule has 0 fully saturated rings. The second-order valence-electron chi connectivity index (χ2n) is 5.61. The fraction of sp³-hybridized carbons (Fsp3) is 0.316. The van der Waals surface area contributed by atoms with Crippen molar-refractivity contribution in [1.82, 2.24) is 5.32 Å². The Bertz CT molecular complexity index is 637. The summed E-state index contributed by atoms with van der Waals surface area (Å²) in [5.41, 5.74) is 2.27. The predicted octanol–water partition coefficient (Wildman–Crippen LogP) is 4.68. The lowest BCUT2D eigenvalue weighted by atomic mass is 10.1. The highest BCUT2D eigenvalue weighted by Crippen LogP contribution is 2.19. The fourth-order valence-corrected chi connectivity index (χ4v) is 2.37. The first-order valence-electron chi connectivity index (χ1n) is 7.78. The molecule has 0 saturated heterocycles. The highest BCUT2D eigenvalue weighted by Gasteiger charge is 2.20. The van der Waals surface area contributed by atoms with Crippen LogP contribution >= 0.6 is 11.6 Å². The second-order valence-corrected chi connectivity index (χ2v) is 6.05. The number of rotatable bonds is 6. The minimum atomic E-state index is -0.524. The Hall–Kier alpha value is -2.00. The lowest BCUT2D eigenvalue weighted by molar-refractivity contribution is -0.128. The van der Waals surface area contributed by atoms with Crippen LogP contribution in [0.4, 0.5) is 0 Å². The van der Waals surface area contributed by atoms with Gasteiger partial charge in [0.1, 0.15) is 5.75 Å². The molecular formula is C19H22ClNO2. The lowest BCUT2D eigenvalue weighted by Gasteiger charge is -2.21. The molecule has 0 unspecified atom stereocenters. The molecule has 1 amide bonds. The molecule has 122 valence electrons. The van der Waals surface area contributed by atoms with E-state index in [1.54, 1.807) is 24.3 Å². The molecular weight excluding hydrogens is 310 g/mol. The number of hydrogen-bond acceptors (Lipinski definition) is 2. The Morgan fingerprint density at radius 1 is 1.13 bits per heavy atom. The fourth-order valence-electron chi connectivity index (χ4n) is 2.24. The number of nitrogens with one attached hydrogen (secondary N) is 1. The van der Waals surface area contributed by atoms with E-state index in [1.807, 2.05) is 45.0 Å². The van der Waals surface area contributed by atoms with Gasteiger partial charge in [0, 0.05) is 5.02 Å². The van der Waals surface area contributed by atoms with E-state index in [0.29, 0.717) is 17.2 Å². The van der Waals surface area contributed by atoms with Gasteiger partial charge < -0.3 is 10.1 Å². The minimum Gasteiger partial charge on any atom is -0.481 e. The Kier molecular flexibility index (Phi) is 6.05. The zero-order valence-corrected chi connectivity index (χ0v) is 14.4. The molecule has 2 rings (SSSR count). The average molecular weight is 332 g/mol. The van der Waals surface area contributed by atoms with Crippen LogP contribution in [-0.4, -0.2) is 12.0 Å². The first-order chi connectivity index (χ1) is 11.0. The summed E-state index contributed by atoms with van der Waals surface area (Å²) >= 11 is 5.86. The van der Waals surface area contributed by atoms with Gasteiger partial charge in [-0.25, -0.2) is 0 Å². The third kappa shape index (κ3) is 5.00. The third-order valence-corrected chi connectivity index (χ3v) is 3.94. The molecule has 0 aliphatic carbocycles. The Morgan fingerprint density at radius 3 is 2.30 bits per heavy atom. The summed E-state index contributed by atoms with van der Waals surface area (Å²) in [7, 11) is 0. The van der Waals surface area contributed by atoms with Gasteiger partial charge in [-0.3, -0.25) is 4.79 Å². The normalized spacial score (nSPS) is 13.2. The van der Waals surface area contributed by atoms with Gasteiger partial charge in [0.25, 0.3) is 5.91 Å². The highest BCUT2D eigenvalue weighted by molar-refractivity contribution is 6.30. The second kappa shape index (κ2) is 8.02. The molecule has 0 saturated carbocycles. The number of amides is 1. The van der Waals surface area contributed by atoms with Crippen LogP contribution in [0.5, 0.6) is 5.75 Å². The van der Waals surface area contributed by atoms with E-state index in [2.05, 4.69) is 5.32 Å². The number of ether oxygens (including phenoxy) is 1. The molecule has 0 aliphatic heterocycles. The first kappa shape index (κ1) is 17.4. The van der Waals surface area contributed by atoms with E-state index in [1.165, 1.54) is 5.56 Å². The minimum absolute atomic E-state index is 0.0639. The maximum atomic E-state index is 12.4. The lowest BCUT2D eigenvalue weighted by Crippen LogP contribution is -2.39. The van der Waals surface area contributed by atoms with Crippen LogP contribution in [-0.2, 0) is 4.79 Å². The largest absolute Gasteiger partial charge is 0.481 e. The van der Waals surface area contributed by atoms with Crippen LogP contribution < -0.4 is 10.1 Å². The highest BCUT2D eigenvalue weighted by atomic mass is 35.5. The zero-order valence-electron chi connectivity index (χ0n) is 13.7. The van der Waals surface area contributed by atoms with Gasteiger partial charge in [-0.05, 0) is 50.1 Å². The summed E-state index contributed by atoms with van der Waals surface area (Å²) < 4.78 is 5.77. The van der Waals surface area contributed by atoms with Crippen LogP contribution in [0.1, 0.15) is 37.4 Å². The van der Waals surface area contributed by atoms with Crippen molar-refractivity contribution in [3.05, 3.63) is 64.7 Å². The number of carbonyl (C=O) groups excluding carboxylic acids is 1. The van der Waals surface area contributed by atoms with Crippen molar-refractivity contribution in [2.75, 3.05) is 0 Å². The van der Waals surface area contributed by atoms with Crippen LogP contribution in [0.2, 0.25) is 5.02 Å². The number of halogens is 1. The Morgan fingerprint density at radius 2 is 1.74 bits per heavy atom. The monoisotopic (exact) mass is 331 g/mol. The average Bonchev–Trinajstić information content (AvgIpc) is 2.54. The molecule has 23 heavy (non-hydrogen) atoms. The van der Waals surface area contributed by atoms with Crippen molar-refractivity contribution in [2.45, 2.75) is 39.3 Å². The third-order valence-electron chi connectivity index (χ3n) is 3.69. The molecule has 2 atom stereocenters. The molecule has 0 aliphatic rings. The molecule has 3 nitrogen and oxygen atoms in total. The molecule has 0 radical (unpaired) electrons. The molecule has 0 bridgehead atoms. The molecule has 4 heteroatoms. The number of hydrogen-bond donors (Lipinski definition) is 1. The van der Waals surface area contributed by atoms with Crippen LogP contribution in [0.15, 0.2) is 48.5 Å². The van der Waals surface area contributed by atoms with Crippen LogP contribution in [0.3, 0.4) is 0 Å². The predicted molar refractivity (Wildman–Crippen MR) is 93.9 cm³/mol. The maximum Gasteiger partial charge on any atom is 0.261 e. The van der Waals surface area contributed by atoms with Crippen molar-refractivity contribution in [3.8, 4) is 5.75 Å². The molecule has 2 aromatic carbocycles. The Labute approximate surface area is 142 Å². The number of aryl methyl sites for hydroxylation is 1. The SMILES string of the molecule is CC[C@H](Oc1ccc(Cl)cc1)C(=O)N[C@@H](C)c1ccc(C)cc1. The smallest absolute Gasteiger partial charge is 0.261 e. The van der Waals surface area contributed by atoms with Crippen molar-refractivity contribution < 1.29 is 9.53 Å². The van der Waals surface area contributed by atoms with E-state index in [-0.39, 0.29) is 11.9 Å². The number of benzene rings is 2. The molecule has 2 aromatic rings. The zero-order chi connectivity index (χ0) is 16.8. The van der Waals surface area contributed by atoms with E-state index < -0.39 is 6.10 Å². The Balaban J connectivity index is 1.99.